The van der Waals surface area contributed by atoms with Gasteiger partial charge in [0.25, 0.3) is 11.8 Å². The highest BCUT2D eigenvalue weighted by Gasteiger charge is 2.18. The number of thioether (sulfide) groups is 1. The highest BCUT2D eigenvalue weighted by molar-refractivity contribution is 9.10. The fourth-order valence-corrected chi connectivity index (χ4v) is 5.34. The van der Waals surface area contributed by atoms with Crippen LogP contribution in [0.3, 0.4) is 0 Å². The second-order valence-electron chi connectivity index (χ2n) is 9.48. The summed E-state index contributed by atoms with van der Waals surface area (Å²) in [5.74, 6) is -0.980. The lowest BCUT2D eigenvalue weighted by Gasteiger charge is -2.15. The van der Waals surface area contributed by atoms with Gasteiger partial charge in [0.2, 0.25) is 5.91 Å². The van der Waals surface area contributed by atoms with Crippen molar-refractivity contribution in [2.45, 2.75) is 30.9 Å². The van der Waals surface area contributed by atoms with Crippen molar-refractivity contribution in [1.29, 1.82) is 0 Å². The Hall–Kier alpha value is -4.14. The number of anilines is 2. The van der Waals surface area contributed by atoms with Crippen LogP contribution < -0.4 is 16.0 Å². The number of benzene rings is 4. The van der Waals surface area contributed by atoms with Crippen molar-refractivity contribution in [3.8, 4) is 0 Å². The predicted octanol–water partition coefficient (Wildman–Crippen LogP) is 7.59. The lowest BCUT2D eigenvalue weighted by atomic mass is 10.1. The molecule has 0 heterocycles. The normalized spacial score (nSPS) is 11.9. The molecule has 4 rings (SSSR count). The fraction of sp³-hybridized carbons (Fsp3) is 0.121. The Bertz CT molecular complexity index is 1600. The van der Waals surface area contributed by atoms with Crippen molar-refractivity contribution in [3.63, 3.8) is 0 Å². The summed E-state index contributed by atoms with van der Waals surface area (Å²) in [6.45, 7) is 5.82. The Morgan fingerprint density at radius 3 is 2.32 bits per heavy atom. The maximum Gasteiger partial charge on any atom is 0.272 e. The van der Waals surface area contributed by atoms with Crippen LogP contribution in [0.15, 0.2) is 112 Å². The molecule has 4 aromatic rings. The highest BCUT2D eigenvalue weighted by Crippen LogP contribution is 2.27. The average molecular weight is 629 g/mol. The zero-order chi connectivity index (χ0) is 29.4. The van der Waals surface area contributed by atoms with Gasteiger partial charge in [0.1, 0.15) is 5.70 Å². The quantitative estimate of drug-likeness (QED) is 0.132. The number of amides is 3. The minimum atomic E-state index is -0.475. The predicted molar refractivity (Wildman–Crippen MR) is 171 cm³/mol. The van der Waals surface area contributed by atoms with Gasteiger partial charge in [-0.3, -0.25) is 14.4 Å². The van der Waals surface area contributed by atoms with E-state index in [4.69, 9.17) is 0 Å². The third kappa shape index (κ3) is 8.67. The second kappa shape index (κ2) is 14.0. The first-order valence-corrected chi connectivity index (χ1v) is 14.6. The molecule has 1 unspecified atom stereocenters. The van der Waals surface area contributed by atoms with Crippen LogP contribution in [-0.4, -0.2) is 23.0 Å². The standard InChI is InChI=1S/C33H30BrN3O3S/c1-21-15-16-29(22(2)17-21)36-31(38)23(3)41-28-14-8-13-27(20-28)35-33(40)30(19-24-9-7-12-26(34)18-24)37-32(39)25-10-5-4-6-11-25/h4-20,23H,1-3H3,(H,35,40)(H,36,38)(H,37,39)/b30-19+. The molecule has 41 heavy (non-hydrogen) atoms. The van der Waals surface area contributed by atoms with Gasteiger partial charge in [0.15, 0.2) is 0 Å². The van der Waals surface area contributed by atoms with E-state index in [9.17, 15) is 14.4 Å². The maximum absolute atomic E-state index is 13.4. The first-order chi connectivity index (χ1) is 19.7. The molecular formula is C33H30BrN3O3S. The van der Waals surface area contributed by atoms with E-state index in [0.29, 0.717) is 11.3 Å². The van der Waals surface area contributed by atoms with Gasteiger partial charge < -0.3 is 16.0 Å². The van der Waals surface area contributed by atoms with E-state index in [2.05, 4.69) is 31.9 Å². The van der Waals surface area contributed by atoms with Gasteiger partial charge in [0.05, 0.1) is 5.25 Å². The van der Waals surface area contributed by atoms with Gasteiger partial charge in [0, 0.05) is 26.3 Å². The molecule has 0 aliphatic carbocycles. The molecule has 208 valence electrons. The van der Waals surface area contributed by atoms with E-state index in [0.717, 1.165) is 31.7 Å². The van der Waals surface area contributed by atoms with Crippen LogP contribution in [0.2, 0.25) is 0 Å². The number of nitrogens with one attached hydrogen (secondary N) is 3. The first-order valence-electron chi connectivity index (χ1n) is 13.0. The molecule has 0 aliphatic heterocycles. The van der Waals surface area contributed by atoms with E-state index in [-0.39, 0.29) is 16.9 Å². The first kappa shape index (κ1) is 29.8. The molecule has 0 spiro atoms. The van der Waals surface area contributed by atoms with Gasteiger partial charge in [-0.2, -0.15) is 0 Å². The van der Waals surface area contributed by atoms with E-state index in [1.54, 1.807) is 42.5 Å². The number of carbonyl (C=O) groups is 3. The van der Waals surface area contributed by atoms with Gasteiger partial charge in [-0.15, -0.1) is 11.8 Å². The summed E-state index contributed by atoms with van der Waals surface area (Å²) in [7, 11) is 0. The lowest BCUT2D eigenvalue weighted by Crippen LogP contribution is -2.30. The zero-order valence-corrected chi connectivity index (χ0v) is 25.3. The van der Waals surface area contributed by atoms with Crippen LogP contribution in [0, 0.1) is 13.8 Å². The van der Waals surface area contributed by atoms with Crippen LogP contribution in [0.25, 0.3) is 6.08 Å². The molecule has 3 N–H and O–H groups in total. The minimum absolute atomic E-state index is 0.0937. The van der Waals surface area contributed by atoms with Crippen LogP contribution in [-0.2, 0) is 9.59 Å². The number of hydrogen-bond donors (Lipinski definition) is 3. The molecule has 0 radical (unpaired) electrons. The molecule has 0 bridgehead atoms. The summed E-state index contributed by atoms with van der Waals surface area (Å²) in [6, 6.07) is 29.3. The summed E-state index contributed by atoms with van der Waals surface area (Å²) >= 11 is 4.83. The molecule has 4 aromatic carbocycles. The number of halogens is 1. The van der Waals surface area contributed by atoms with Crippen LogP contribution in [0.1, 0.15) is 34.0 Å². The molecule has 0 fully saturated rings. The molecule has 0 aromatic heterocycles. The molecule has 6 nitrogen and oxygen atoms in total. The van der Waals surface area contributed by atoms with Crippen molar-refractivity contribution < 1.29 is 14.4 Å². The van der Waals surface area contributed by atoms with Crippen molar-refractivity contribution in [1.82, 2.24) is 5.32 Å². The summed E-state index contributed by atoms with van der Waals surface area (Å²) in [6.07, 6.45) is 1.62. The number of carbonyl (C=O) groups excluding carboxylic acids is 3. The van der Waals surface area contributed by atoms with Gasteiger partial charge >= 0.3 is 0 Å². The van der Waals surface area contributed by atoms with E-state index < -0.39 is 11.8 Å². The summed E-state index contributed by atoms with van der Waals surface area (Å²) in [5.41, 5.74) is 4.74. The van der Waals surface area contributed by atoms with Crippen LogP contribution in [0.4, 0.5) is 11.4 Å². The largest absolute Gasteiger partial charge is 0.325 e. The van der Waals surface area contributed by atoms with Gasteiger partial charge in [-0.05, 0) is 86.5 Å². The monoisotopic (exact) mass is 627 g/mol. The van der Waals surface area contributed by atoms with E-state index in [1.807, 2.05) is 81.4 Å². The molecule has 0 saturated heterocycles. The second-order valence-corrected chi connectivity index (χ2v) is 11.8. The van der Waals surface area contributed by atoms with E-state index in [1.165, 1.54) is 11.8 Å². The van der Waals surface area contributed by atoms with Crippen LogP contribution in [0.5, 0.6) is 0 Å². The zero-order valence-electron chi connectivity index (χ0n) is 22.9. The summed E-state index contributed by atoms with van der Waals surface area (Å²) in [5, 5.41) is 8.25. The van der Waals surface area contributed by atoms with Crippen molar-refractivity contribution in [3.05, 3.63) is 129 Å². The molecule has 8 heteroatoms. The Balaban J connectivity index is 1.48. The third-order valence-corrected chi connectivity index (χ3v) is 7.69. The summed E-state index contributed by atoms with van der Waals surface area (Å²) in [4.78, 5) is 40.0. The molecule has 1 atom stereocenters. The smallest absolute Gasteiger partial charge is 0.272 e. The molecular weight excluding hydrogens is 598 g/mol. The lowest BCUT2D eigenvalue weighted by molar-refractivity contribution is -0.115. The molecule has 0 saturated carbocycles. The van der Waals surface area contributed by atoms with E-state index >= 15 is 0 Å². The number of hydrogen-bond acceptors (Lipinski definition) is 4. The number of rotatable bonds is 9. The SMILES string of the molecule is Cc1ccc(NC(=O)C(C)Sc2cccc(NC(=O)/C(=C\c3cccc(Br)c3)NC(=O)c3ccccc3)c2)c(C)c1. The summed E-state index contributed by atoms with van der Waals surface area (Å²) < 4.78 is 0.848. The molecule has 3 amide bonds. The average Bonchev–Trinajstić information content (AvgIpc) is 2.94. The fourth-order valence-electron chi connectivity index (χ4n) is 4.00. The van der Waals surface area contributed by atoms with Crippen molar-refractivity contribution in [2.75, 3.05) is 10.6 Å². The van der Waals surface area contributed by atoms with Crippen molar-refractivity contribution >= 4 is 62.9 Å². The van der Waals surface area contributed by atoms with Crippen molar-refractivity contribution in [2.24, 2.45) is 0 Å². The van der Waals surface area contributed by atoms with Crippen LogP contribution >= 0.6 is 27.7 Å². The molecule has 0 aliphatic rings. The van der Waals surface area contributed by atoms with Gasteiger partial charge in [-0.25, -0.2) is 0 Å². The number of aryl methyl sites for hydroxylation is 2. The minimum Gasteiger partial charge on any atom is -0.325 e. The third-order valence-electron chi connectivity index (χ3n) is 6.10. The Morgan fingerprint density at radius 2 is 1.59 bits per heavy atom. The highest BCUT2D eigenvalue weighted by atomic mass is 79.9. The Morgan fingerprint density at radius 1 is 0.829 bits per heavy atom. The van der Waals surface area contributed by atoms with Gasteiger partial charge in [-0.1, -0.05) is 70.0 Å². The Kier molecular flexibility index (Phi) is 10.2. The topological polar surface area (TPSA) is 87.3 Å². The Labute approximate surface area is 252 Å². The maximum atomic E-state index is 13.4.